The molecule has 1 atom stereocenters. The lowest BCUT2D eigenvalue weighted by molar-refractivity contribution is -0.142. The summed E-state index contributed by atoms with van der Waals surface area (Å²) >= 11 is 0. The second kappa shape index (κ2) is 11.3. The van der Waals surface area contributed by atoms with Crippen LogP contribution in [0, 0.1) is 24.8 Å². The average molecular weight is 427 g/mol. The zero-order chi connectivity index (χ0) is 23.6. The summed E-state index contributed by atoms with van der Waals surface area (Å²) in [5.41, 5.74) is 0.154. The molecule has 9 nitrogen and oxygen atoms in total. The fourth-order valence-electron chi connectivity index (χ4n) is 2.35. The molecule has 2 N–H and O–H groups in total. The van der Waals surface area contributed by atoms with Crippen molar-refractivity contribution in [3.05, 3.63) is 35.4 Å². The van der Waals surface area contributed by atoms with E-state index in [-0.39, 0.29) is 0 Å². The summed E-state index contributed by atoms with van der Waals surface area (Å²) in [4.78, 5) is 49.5. The zero-order valence-electron chi connectivity index (χ0n) is 17.9. The SMILES string of the molecule is C#Cc1ccc(C(C(=O)NCC(=O)OC)N(C#C)C(=O)CNC(=O)OC(C)(C)C)cc1. The molecule has 0 aromatic heterocycles. The summed E-state index contributed by atoms with van der Waals surface area (Å²) in [6.45, 7) is 4.08. The number of carbonyl (C=O) groups is 4. The van der Waals surface area contributed by atoms with Crippen molar-refractivity contribution >= 4 is 23.9 Å². The zero-order valence-corrected chi connectivity index (χ0v) is 17.9. The van der Waals surface area contributed by atoms with Gasteiger partial charge in [-0.3, -0.25) is 19.3 Å². The second-order valence-electron chi connectivity index (χ2n) is 7.21. The Balaban J connectivity index is 3.09. The molecule has 1 rings (SSSR count). The minimum atomic E-state index is -1.28. The molecular weight excluding hydrogens is 402 g/mol. The smallest absolute Gasteiger partial charge is 0.408 e. The van der Waals surface area contributed by atoms with Gasteiger partial charge in [0, 0.05) is 11.6 Å². The summed E-state index contributed by atoms with van der Waals surface area (Å²) in [7, 11) is 1.17. The number of rotatable bonds is 7. The molecule has 31 heavy (non-hydrogen) atoms. The summed E-state index contributed by atoms with van der Waals surface area (Å²) in [5.74, 6) is 0.300. The van der Waals surface area contributed by atoms with Crippen LogP contribution in [0.1, 0.15) is 37.9 Å². The maximum Gasteiger partial charge on any atom is 0.408 e. The minimum absolute atomic E-state index is 0.352. The summed E-state index contributed by atoms with van der Waals surface area (Å²) in [6.07, 6.45) is 10.0. The fourth-order valence-corrected chi connectivity index (χ4v) is 2.35. The van der Waals surface area contributed by atoms with E-state index in [2.05, 4.69) is 27.3 Å². The van der Waals surface area contributed by atoms with Gasteiger partial charge in [-0.25, -0.2) is 4.79 Å². The second-order valence-corrected chi connectivity index (χ2v) is 7.21. The van der Waals surface area contributed by atoms with Crippen LogP contribution in [0.3, 0.4) is 0 Å². The maximum absolute atomic E-state index is 12.8. The van der Waals surface area contributed by atoms with E-state index >= 15 is 0 Å². The third-order valence-corrected chi connectivity index (χ3v) is 3.72. The Labute approximate surface area is 181 Å². The molecule has 0 fully saturated rings. The van der Waals surface area contributed by atoms with Crippen LogP contribution < -0.4 is 10.6 Å². The molecule has 0 heterocycles. The van der Waals surface area contributed by atoms with Crippen LogP contribution in [0.4, 0.5) is 4.79 Å². The lowest BCUT2D eigenvalue weighted by Gasteiger charge is -2.26. The van der Waals surface area contributed by atoms with Crippen LogP contribution in [-0.4, -0.2) is 54.6 Å². The summed E-state index contributed by atoms with van der Waals surface area (Å²) in [6, 6.07) is 7.11. The summed E-state index contributed by atoms with van der Waals surface area (Å²) in [5, 5.41) is 4.67. The minimum Gasteiger partial charge on any atom is -0.468 e. The molecule has 0 radical (unpaired) electrons. The van der Waals surface area contributed by atoms with Gasteiger partial charge in [0.25, 0.3) is 5.91 Å². The number of esters is 1. The lowest BCUT2D eigenvalue weighted by atomic mass is 10.0. The molecule has 0 spiro atoms. The van der Waals surface area contributed by atoms with Crippen molar-refractivity contribution in [2.24, 2.45) is 0 Å². The van der Waals surface area contributed by atoms with Crippen molar-refractivity contribution in [2.75, 3.05) is 20.2 Å². The summed E-state index contributed by atoms with van der Waals surface area (Å²) < 4.78 is 9.57. The number of ether oxygens (including phenoxy) is 2. The highest BCUT2D eigenvalue weighted by atomic mass is 16.6. The molecule has 1 aromatic carbocycles. The van der Waals surface area contributed by atoms with Crippen LogP contribution in [0.15, 0.2) is 24.3 Å². The third-order valence-electron chi connectivity index (χ3n) is 3.72. The number of nitrogens with one attached hydrogen (secondary N) is 2. The Morgan fingerprint density at radius 2 is 1.68 bits per heavy atom. The number of nitrogens with zero attached hydrogens (tertiary/aromatic N) is 1. The topological polar surface area (TPSA) is 114 Å². The van der Waals surface area contributed by atoms with Crippen LogP contribution in [-0.2, 0) is 23.9 Å². The van der Waals surface area contributed by atoms with Crippen molar-refractivity contribution in [3.63, 3.8) is 0 Å². The molecule has 0 saturated heterocycles. The van der Waals surface area contributed by atoms with E-state index in [1.807, 2.05) is 0 Å². The van der Waals surface area contributed by atoms with E-state index in [1.165, 1.54) is 19.2 Å². The van der Waals surface area contributed by atoms with Crippen molar-refractivity contribution in [3.8, 4) is 24.8 Å². The molecule has 0 aliphatic heterocycles. The van der Waals surface area contributed by atoms with Gasteiger partial charge in [-0.15, -0.1) is 6.42 Å². The Morgan fingerprint density at radius 1 is 1.06 bits per heavy atom. The van der Waals surface area contributed by atoms with Gasteiger partial charge in [0.1, 0.15) is 24.7 Å². The van der Waals surface area contributed by atoms with E-state index in [0.29, 0.717) is 11.1 Å². The normalized spacial score (nSPS) is 11.2. The Bertz CT molecular complexity index is 903. The molecule has 0 aliphatic rings. The maximum atomic E-state index is 12.8. The van der Waals surface area contributed by atoms with Crippen molar-refractivity contribution < 1.29 is 28.7 Å². The van der Waals surface area contributed by atoms with E-state index < -0.39 is 48.6 Å². The molecular formula is C22H25N3O6. The van der Waals surface area contributed by atoms with Gasteiger partial charge >= 0.3 is 12.1 Å². The standard InChI is InChI=1S/C22H25N3O6/c1-7-15-9-11-16(12-10-15)19(20(28)23-14-18(27)30-6)25(8-2)17(26)13-24-21(29)31-22(3,4)5/h1-2,9-12,19H,13-14H2,3-6H3,(H,23,28)(H,24,29). The van der Waals surface area contributed by atoms with E-state index in [4.69, 9.17) is 17.6 Å². The highest BCUT2D eigenvalue weighted by molar-refractivity contribution is 5.92. The number of terminal acetylenes is 2. The number of alkyl carbamates (subject to hydrolysis) is 1. The molecule has 1 unspecified atom stereocenters. The lowest BCUT2D eigenvalue weighted by Crippen LogP contribution is -2.46. The van der Waals surface area contributed by atoms with Crippen LogP contribution >= 0.6 is 0 Å². The molecule has 1 aromatic rings. The first-order chi connectivity index (χ1) is 14.5. The average Bonchev–Trinajstić information content (AvgIpc) is 2.72. The third kappa shape index (κ3) is 8.11. The Hall–Kier alpha value is -3.98. The first-order valence-electron chi connectivity index (χ1n) is 9.18. The van der Waals surface area contributed by atoms with Gasteiger partial charge < -0.3 is 20.1 Å². The van der Waals surface area contributed by atoms with Crippen LogP contribution in [0.2, 0.25) is 0 Å². The van der Waals surface area contributed by atoms with Gasteiger partial charge in [0.05, 0.1) is 7.11 Å². The van der Waals surface area contributed by atoms with Gasteiger partial charge in [-0.1, -0.05) is 24.5 Å². The first-order valence-corrected chi connectivity index (χ1v) is 9.18. The largest absolute Gasteiger partial charge is 0.468 e. The number of hydrogen-bond acceptors (Lipinski definition) is 6. The molecule has 0 bridgehead atoms. The molecule has 0 aliphatic carbocycles. The number of carbonyl (C=O) groups excluding carboxylic acids is 4. The quantitative estimate of drug-likeness (QED) is 0.380. The number of hydrogen-bond donors (Lipinski definition) is 2. The highest BCUT2D eigenvalue weighted by Gasteiger charge is 2.31. The fraction of sp³-hybridized carbons (Fsp3) is 0.364. The Kier molecular flexibility index (Phi) is 9.11. The number of benzene rings is 1. The monoisotopic (exact) mass is 427 g/mol. The van der Waals surface area contributed by atoms with Gasteiger partial charge in [0.2, 0.25) is 5.91 Å². The van der Waals surface area contributed by atoms with E-state index in [0.717, 1.165) is 4.90 Å². The van der Waals surface area contributed by atoms with Gasteiger partial charge in [-0.2, -0.15) is 0 Å². The first kappa shape index (κ1) is 25.1. The molecule has 0 saturated carbocycles. The highest BCUT2D eigenvalue weighted by Crippen LogP contribution is 2.21. The molecule has 3 amide bonds. The van der Waals surface area contributed by atoms with Gasteiger partial charge in [-0.05, 0) is 38.5 Å². The number of methoxy groups -OCH3 is 1. The molecule has 164 valence electrons. The number of amides is 3. The van der Waals surface area contributed by atoms with E-state index in [9.17, 15) is 19.2 Å². The predicted octanol–water partition coefficient (Wildman–Crippen LogP) is 0.942. The van der Waals surface area contributed by atoms with Crippen molar-refractivity contribution in [1.82, 2.24) is 15.5 Å². The van der Waals surface area contributed by atoms with E-state index in [1.54, 1.807) is 32.9 Å². The van der Waals surface area contributed by atoms with Crippen LogP contribution in [0.25, 0.3) is 0 Å². The Morgan fingerprint density at radius 3 is 2.16 bits per heavy atom. The van der Waals surface area contributed by atoms with Crippen LogP contribution in [0.5, 0.6) is 0 Å². The molecule has 9 heteroatoms. The van der Waals surface area contributed by atoms with Crippen molar-refractivity contribution in [2.45, 2.75) is 32.4 Å². The predicted molar refractivity (Wildman–Crippen MR) is 112 cm³/mol. The van der Waals surface area contributed by atoms with Crippen molar-refractivity contribution in [1.29, 1.82) is 0 Å². The van der Waals surface area contributed by atoms with Gasteiger partial charge in [0.15, 0.2) is 0 Å².